The Bertz CT molecular complexity index is 1050. The van der Waals surface area contributed by atoms with Gasteiger partial charge in [-0.15, -0.1) is 0 Å². The summed E-state index contributed by atoms with van der Waals surface area (Å²) in [4.78, 5) is 22.5. The summed E-state index contributed by atoms with van der Waals surface area (Å²) in [6.07, 6.45) is 1.01. The maximum atomic E-state index is 11.2. The molecule has 0 amide bonds. The molecule has 2 heterocycles. The van der Waals surface area contributed by atoms with Gasteiger partial charge in [0.2, 0.25) is 0 Å². The highest BCUT2D eigenvalue weighted by Crippen LogP contribution is 2.32. The number of aliphatic carboxylic acids is 1. The molecule has 4 rings (SSSR count). The highest BCUT2D eigenvalue weighted by atomic mass is 16.4. The van der Waals surface area contributed by atoms with Gasteiger partial charge in [-0.1, -0.05) is 36.4 Å². The second kappa shape index (κ2) is 9.45. The van der Waals surface area contributed by atoms with E-state index in [-0.39, 0.29) is 6.54 Å². The largest absolute Gasteiger partial charge is 0.480 e. The third-order valence-corrected chi connectivity index (χ3v) is 6.02. The molecule has 1 fully saturated rings. The summed E-state index contributed by atoms with van der Waals surface area (Å²) in [5.41, 5.74) is 4.38. The lowest BCUT2D eigenvalue weighted by Crippen LogP contribution is -2.45. The van der Waals surface area contributed by atoms with Gasteiger partial charge in [0.15, 0.2) is 0 Å². The molecule has 1 aliphatic heterocycles. The Morgan fingerprint density at radius 3 is 2.52 bits per heavy atom. The number of anilines is 1. The molecule has 6 nitrogen and oxygen atoms in total. The number of aromatic nitrogens is 1. The molecule has 3 aromatic rings. The van der Waals surface area contributed by atoms with E-state index in [0.29, 0.717) is 5.82 Å². The van der Waals surface area contributed by atoms with E-state index >= 15 is 0 Å². The molecule has 0 atom stereocenters. The van der Waals surface area contributed by atoms with Crippen molar-refractivity contribution >= 4 is 22.7 Å². The molecule has 2 aromatic carbocycles. The van der Waals surface area contributed by atoms with Crippen molar-refractivity contribution in [3.05, 3.63) is 60.2 Å². The van der Waals surface area contributed by atoms with Crippen molar-refractivity contribution in [2.24, 2.45) is 0 Å². The summed E-state index contributed by atoms with van der Waals surface area (Å²) < 4.78 is 0. The van der Waals surface area contributed by atoms with Crippen LogP contribution in [-0.2, 0) is 11.2 Å². The van der Waals surface area contributed by atoms with Gasteiger partial charge in [-0.3, -0.25) is 4.79 Å². The summed E-state index contributed by atoms with van der Waals surface area (Å²) in [5, 5.41) is 10.3. The lowest BCUT2D eigenvalue weighted by molar-refractivity contribution is -0.135. The number of carboxylic acid groups (broad SMARTS) is 1. The Morgan fingerprint density at radius 2 is 1.81 bits per heavy atom. The summed E-state index contributed by atoms with van der Waals surface area (Å²) in [5.74, 6) is -0.205. The molecule has 1 aliphatic rings. The molecule has 1 aromatic heterocycles. The number of pyridine rings is 1. The number of rotatable bonds is 7. The van der Waals surface area contributed by atoms with Gasteiger partial charge in [-0.2, -0.15) is 0 Å². The van der Waals surface area contributed by atoms with Crippen molar-refractivity contribution in [1.82, 2.24) is 14.8 Å². The van der Waals surface area contributed by atoms with Crippen LogP contribution in [-0.4, -0.2) is 79.2 Å². The Morgan fingerprint density at radius 1 is 1.06 bits per heavy atom. The molecule has 0 aliphatic carbocycles. The Labute approximate surface area is 183 Å². The summed E-state index contributed by atoms with van der Waals surface area (Å²) in [6.45, 7) is 5.49. The Hall–Kier alpha value is -2.96. The van der Waals surface area contributed by atoms with Crippen LogP contribution in [0.5, 0.6) is 0 Å². The van der Waals surface area contributed by atoms with Crippen LogP contribution in [0.4, 0.5) is 5.82 Å². The molecule has 0 saturated carbocycles. The third kappa shape index (κ3) is 5.21. The molecular weight excluding hydrogens is 388 g/mol. The van der Waals surface area contributed by atoms with Crippen molar-refractivity contribution in [2.75, 3.05) is 58.3 Å². The number of fused-ring (bicyclic) bond motifs is 1. The topological polar surface area (TPSA) is 59.9 Å². The van der Waals surface area contributed by atoms with E-state index in [0.717, 1.165) is 61.2 Å². The minimum atomic E-state index is -0.870. The van der Waals surface area contributed by atoms with Crippen LogP contribution < -0.4 is 4.90 Å². The van der Waals surface area contributed by atoms with Crippen molar-refractivity contribution in [2.45, 2.75) is 6.42 Å². The second-order valence-corrected chi connectivity index (χ2v) is 8.39. The molecule has 0 spiro atoms. The lowest BCUT2D eigenvalue weighted by atomic mass is 9.98. The molecule has 6 heteroatoms. The zero-order valence-electron chi connectivity index (χ0n) is 18.3. The predicted octanol–water partition coefficient (Wildman–Crippen LogP) is 3.21. The predicted molar refractivity (Wildman–Crippen MR) is 126 cm³/mol. The van der Waals surface area contributed by atoms with Crippen molar-refractivity contribution < 1.29 is 9.90 Å². The average Bonchev–Trinajstić information content (AvgIpc) is 2.78. The average molecular weight is 419 g/mol. The van der Waals surface area contributed by atoms with E-state index in [1.165, 1.54) is 5.56 Å². The first-order valence-electron chi connectivity index (χ1n) is 10.8. The van der Waals surface area contributed by atoms with E-state index < -0.39 is 5.97 Å². The number of hydrogen-bond acceptors (Lipinski definition) is 5. The van der Waals surface area contributed by atoms with Crippen LogP contribution in [0, 0.1) is 0 Å². The van der Waals surface area contributed by atoms with E-state index in [1.807, 2.05) is 24.3 Å². The summed E-state index contributed by atoms with van der Waals surface area (Å²) >= 11 is 0. The molecule has 162 valence electrons. The van der Waals surface area contributed by atoms with Crippen LogP contribution in [0.25, 0.3) is 22.0 Å². The van der Waals surface area contributed by atoms with Gasteiger partial charge in [0.1, 0.15) is 12.4 Å². The number of likely N-dealkylation sites (N-methyl/N-ethyl adjacent to an activating group) is 2. The Kier molecular flexibility index (Phi) is 6.49. The first-order chi connectivity index (χ1) is 15.0. The summed E-state index contributed by atoms with van der Waals surface area (Å²) in [6, 6.07) is 18.7. The van der Waals surface area contributed by atoms with Crippen molar-refractivity contribution in [3.8, 4) is 11.1 Å². The van der Waals surface area contributed by atoms with Crippen molar-refractivity contribution in [3.63, 3.8) is 0 Å². The minimum Gasteiger partial charge on any atom is -0.480 e. The zero-order valence-corrected chi connectivity index (χ0v) is 18.3. The number of carbonyl (C=O) groups is 1. The number of carboxylic acids is 1. The molecule has 31 heavy (non-hydrogen) atoms. The van der Waals surface area contributed by atoms with E-state index in [9.17, 15) is 9.90 Å². The highest BCUT2D eigenvalue weighted by molar-refractivity contribution is 5.96. The number of hydrogen-bond donors (Lipinski definition) is 1. The van der Waals surface area contributed by atoms with Gasteiger partial charge in [0.25, 0.3) is 0 Å². The molecule has 0 bridgehead atoms. The van der Waals surface area contributed by atoms with Crippen LogP contribution in [0.15, 0.2) is 54.6 Å². The highest BCUT2D eigenvalue weighted by Gasteiger charge is 2.15. The first kappa shape index (κ1) is 21.3. The maximum Gasteiger partial charge on any atom is 0.323 e. The van der Waals surface area contributed by atoms with Crippen LogP contribution in [0.2, 0.25) is 0 Å². The molecule has 0 unspecified atom stereocenters. The summed E-state index contributed by atoms with van der Waals surface area (Å²) in [7, 11) is 3.95. The van der Waals surface area contributed by atoms with Gasteiger partial charge >= 0.3 is 5.97 Å². The van der Waals surface area contributed by atoms with Crippen LogP contribution >= 0.6 is 0 Å². The minimum absolute atomic E-state index is 0.0875. The fourth-order valence-electron chi connectivity index (χ4n) is 4.11. The van der Waals surface area contributed by atoms with Gasteiger partial charge in [0, 0.05) is 45.2 Å². The number of benzene rings is 2. The van der Waals surface area contributed by atoms with Crippen LogP contribution in [0.3, 0.4) is 0 Å². The molecular formula is C25H30N4O2. The van der Waals surface area contributed by atoms with Gasteiger partial charge < -0.3 is 19.8 Å². The Balaban J connectivity index is 1.65. The van der Waals surface area contributed by atoms with E-state index in [1.54, 1.807) is 11.9 Å². The zero-order chi connectivity index (χ0) is 21.8. The van der Waals surface area contributed by atoms with E-state index in [2.05, 4.69) is 47.2 Å². The van der Waals surface area contributed by atoms with Gasteiger partial charge in [-0.25, -0.2) is 4.98 Å². The smallest absolute Gasteiger partial charge is 0.323 e. The SMILES string of the molecule is CN1CCN(CCc2ccc3nc(N(C)CC(=O)O)cc(-c4ccccc4)c3c2)CC1. The molecule has 1 saturated heterocycles. The quantitative estimate of drug-likeness (QED) is 0.636. The van der Waals surface area contributed by atoms with Crippen LogP contribution in [0.1, 0.15) is 5.56 Å². The fraction of sp³-hybridized carbons (Fsp3) is 0.360. The fourth-order valence-corrected chi connectivity index (χ4v) is 4.11. The normalized spacial score (nSPS) is 15.3. The monoisotopic (exact) mass is 418 g/mol. The first-order valence-corrected chi connectivity index (χ1v) is 10.8. The third-order valence-electron chi connectivity index (χ3n) is 6.02. The lowest BCUT2D eigenvalue weighted by Gasteiger charge is -2.32. The van der Waals surface area contributed by atoms with Gasteiger partial charge in [-0.05, 0) is 48.4 Å². The standard InChI is InChI=1S/C25H30N4O2/c1-27-12-14-29(15-13-27)11-10-19-8-9-23-22(16-19)21(20-6-4-3-5-7-20)17-24(26-23)28(2)18-25(30)31/h3-9,16-17H,10-15,18H2,1-2H3,(H,30,31). The molecule has 1 N–H and O–H groups in total. The number of nitrogens with zero attached hydrogens (tertiary/aromatic N) is 4. The molecule has 0 radical (unpaired) electrons. The maximum absolute atomic E-state index is 11.2. The van der Waals surface area contributed by atoms with E-state index in [4.69, 9.17) is 4.98 Å². The van der Waals surface area contributed by atoms with Gasteiger partial charge in [0.05, 0.1) is 5.52 Å². The second-order valence-electron chi connectivity index (χ2n) is 8.39. The number of piperazine rings is 1. The van der Waals surface area contributed by atoms with Crippen molar-refractivity contribution in [1.29, 1.82) is 0 Å².